The van der Waals surface area contributed by atoms with E-state index in [1.165, 1.54) is 19.5 Å². The lowest BCUT2D eigenvalue weighted by Gasteiger charge is -2.24. The van der Waals surface area contributed by atoms with Crippen LogP contribution in [0.15, 0.2) is 36.9 Å². The molecule has 9 nitrogen and oxygen atoms in total. The number of nitrogens with zero attached hydrogens (tertiary/aromatic N) is 6. The predicted octanol–water partition coefficient (Wildman–Crippen LogP) is 3.84. The third-order valence-electron chi connectivity index (χ3n) is 6.67. The van der Waals surface area contributed by atoms with Gasteiger partial charge < -0.3 is 9.30 Å². The third kappa shape index (κ3) is 4.71. The van der Waals surface area contributed by atoms with E-state index in [1.807, 2.05) is 12.1 Å². The smallest absolute Gasteiger partial charge is 0.165 e. The molecule has 0 aliphatic heterocycles. The zero-order valence-electron chi connectivity index (χ0n) is 19.1. The first-order chi connectivity index (χ1) is 16.4. The van der Waals surface area contributed by atoms with Crippen molar-refractivity contribution in [1.82, 2.24) is 29.7 Å². The Kier molecular flexibility index (Phi) is 6.39. The number of rotatable bonds is 10. The highest BCUT2D eigenvalue weighted by Gasteiger charge is 2.45. The molecule has 5 rings (SSSR count). The molecule has 180 valence electrons. The van der Waals surface area contributed by atoms with Gasteiger partial charge in [0.25, 0.3) is 0 Å². The molecular formula is C23H27ClN6O3S. The maximum Gasteiger partial charge on any atom is 0.165 e. The minimum Gasteiger partial charge on any atom is -0.372 e. The zero-order chi connectivity index (χ0) is 23.9. The van der Waals surface area contributed by atoms with E-state index in [2.05, 4.69) is 29.7 Å². The highest BCUT2D eigenvalue weighted by molar-refractivity contribution is 7.91. The largest absolute Gasteiger partial charge is 0.372 e. The van der Waals surface area contributed by atoms with E-state index >= 15 is 0 Å². The quantitative estimate of drug-likeness (QED) is 0.411. The van der Waals surface area contributed by atoms with Crippen molar-refractivity contribution >= 4 is 21.4 Å². The normalized spacial score (nSPS) is 18.2. The van der Waals surface area contributed by atoms with E-state index in [1.54, 1.807) is 19.3 Å². The molecule has 3 aromatic rings. The van der Waals surface area contributed by atoms with Gasteiger partial charge in [-0.25, -0.2) is 18.4 Å². The summed E-state index contributed by atoms with van der Waals surface area (Å²) in [6, 6.07) is 4.00. The Bertz CT molecular complexity index is 1230. The van der Waals surface area contributed by atoms with Crippen LogP contribution in [0.4, 0.5) is 0 Å². The molecule has 0 aromatic carbocycles. The van der Waals surface area contributed by atoms with Crippen LogP contribution in [0.25, 0.3) is 11.4 Å². The van der Waals surface area contributed by atoms with Crippen molar-refractivity contribution in [3.05, 3.63) is 53.6 Å². The summed E-state index contributed by atoms with van der Waals surface area (Å²) in [5.74, 6) is 2.24. The fourth-order valence-electron chi connectivity index (χ4n) is 4.59. The number of methoxy groups -OCH3 is 1. The highest BCUT2D eigenvalue weighted by atomic mass is 35.5. The predicted molar refractivity (Wildman–Crippen MR) is 127 cm³/mol. The lowest BCUT2D eigenvalue weighted by atomic mass is 10.1. The van der Waals surface area contributed by atoms with Crippen LogP contribution < -0.4 is 0 Å². The van der Waals surface area contributed by atoms with Gasteiger partial charge in [0.15, 0.2) is 21.5 Å². The fraction of sp³-hybridized carbons (Fsp3) is 0.522. The van der Waals surface area contributed by atoms with Crippen LogP contribution in [-0.2, 0) is 20.3 Å². The van der Waals surface area contributed by atoms with Crippen molar-refractivity contribution in [2.24, 2.45) is 11.8 Å². The Morgan fingerprint density at radius 3 is 2.35 bits per heavy atom. The highest BCUT2D eigenvalue weighted by Crippen LogP contribution is 2.53. The Balaban J connectivity index is 1.49. The summed E-state index contributed by atoms with van der Waals surface area (Å²) in [5.41, 5.74) is 0.835. The van der Waals surface area contributed by atoms with E-state index in [-0.39, 0.29) is 17.6 Å². The van der Waals surface area contributed by atoms with Gasteiger partial charge in [-0.15, -0.1) is 10.2 Å². The van der Waals surface area contributed by atoms with Crippen LogP contribution in [0.5, 0.6) is 0 Å². The van der Waals surface area contributed by atoms with Crippen molar-refractivity contribution in [2.45, 2.75) is 55.8 Å². The van der Waals surface area contributed by atoms with Gasteiger partial charge in [0.1, 0.15) is 17.7 Å². The molecule has 34 heavy (non-hydrogen) atoms. The van der Waals surface area contributed by atoms with Gasteiger partial charge in [0, 0.05) is 43.5 Å². The molecule has 0 radical (unpaired) electrons. The van der Waals surface area contributed by atoms with Crippen molar-refractivity contribution < 1.29 is 13.2 Å². The number of hydrogen-bond acceptors (Lipinski definition) is 8. The topological polar surface area (TPSA) is 113 Å². The summed E-state index contributed by atoms with van der Waals surface area (Å²) >= 11 is 5.89. The molecule has 2 atom stereocenters. The van der Waals surface area contributed by atoms with E-state index in [4.69, 9.17) is 16.3 Å². The van der Waals surface area contributed by atoms with Crippen molar-refractivity contribution in [1.29, 1.82) is 0 Å². The van der Waals surface area contributed by atoms with Gasteiger partial charge in [-0.2, -0.15) is 0 Å². The molecule has 0 N–H and O–H groups in total. The Morgan fingerprint density at radius 1 is 1.12 bits per heavy atom. The average Bonchev–Trinajstić information content (AvgIpc) is 3.76. The maximum atomic E-state index is 13.6. The van der Waals surface area contributed by atoms with Gasteiger partial charge in [-0.1, -0.05) is 11.6 Å². The summed E-state index contributed by atoms with van der Waals surface area (Å²) < 4.78 is 34.7. The number of pyridine rings is 1. The second-order valence-corrected chi connectivity index (χ2v) is 11.9. The van der Waals surface area contributed by atoms with E-state index in [0.717, 1.165) is 31.2 Å². The summed E-state index contributed by atoms with van der Waals surface area (Å²) in [5, 5.41) is 8.30. The number of hydrogen-bond donors (Lipinski definition) is 0. The van der Waals surface area contributed by atoms with Crippen LogP contribution >= 0.6 is 11.6 Å². The molecule has 0 bridgehead atoms. The van der Waals surface area contributed by atoms with E-state index in [0.29, 0.717) is 28.5 Å². The first kappa shape index (κ1) is 23.3. The number of ether oxygens (including phenoxy) is 1. The van der Waals surface area contributed by atoms with Gasteiger partial charge in [-0.05, 0) is 56.6 Å². The molecule has 2 aliphatic carbocycles. The van der Waals surface area contributed by atoms with Crippen LogP contribution in [0, 0.1) is 11.8 Å². The van der Waals surface area contributed by atoms with Crippen LogP contribution in [-0.4, -0.2) is 50.5 Å². The van der Waals surface area contributed by atoms with Crippen molar-refractivity contribution in [2.75, 3.05) is 7.11 Å². The fourth-order valence-corrected chi connectivity index (χ4v) is 6.11. The molecule has 2 aliphatic rings. The molecule has 2 saturated carbocycles. The summed E-state index contributed by atoms with van der Waals surface area (Å²) in [7, 11) is -2.24. The molecule has 3 heterocycles. The molecule has 0 saturated heterocycles. The standard InChI is InChI=1S/C23H27ClN6O3S/c1-14(21(33-2)22-26-11-18(24)12-27-22)34(31,32)13-19-28-29-23(17-4-3-9-25-10-17)30(19)20(15-5-6-15)16-7-8-16/h3-4,9-12,14-16,20-21H,5-8,13H2,1-2H3/t14-,21-/m0/s1. The monoisotopic (exact) mass is 502 g/mol. The molecular weight excluding hydrogens is 476 g/mol. The Labute approximate surface area is 203 Å². The molecule has 3 aromatic heterocycles. The molecule has 11 heteroatoms. The minimum absolute atomic E-state index is 0.212. The number of halogens is 1. The summed E-state index contributed by atoms with van der Waals surface area (Å²) in [6.07, 6.45) is 10.1. The Hall–Kier alpha value is -2.43. The first-order valence-electron chi connectivity index (χ1n) is 11.4. The zero-order valence-corrected chi connectivity index (χ0v) is 20.7. The van der Waals surface area contributed by atoms with Crippen molar-refractivity contribution in [3.63, 3.8) is 0 Å². The first-order valence-corrected chi connectivity index (χ1v) is 13.5. The number of aromatic nitrogens is 6. The van der Waals surface area contributed by atoms with Crippen LogP contribution in [0.2, 0.25) is 5.02 Å². The molecule has 0 amide bonds. The van der Waals surface area contributed by atoms with Gasteiger partial charge in [0.2, 0.25) is 0 Å². The maximum absolute atomic E-state index is 13.6. The van der Waals surface area contributed by atoms with Crippen molar-refractivity contribution in [3.8, 4) is 11.4 Å². The summed E-state index contributed by atoms with van der Waals surface area (Å²) in [4.78, 5) is 12.6. The molecule has 0 spiro atoms. The minimum atomic E-state index is -3.70. The van der Waals surface area contributed by atoms with Gasteiger partial charge in [-0.3, -0.25) is 4.98 Å². The molecule has 2 fully saturated rings. The third-order valence-corrected chi connectivity index (χ3v) is 8.90. The lowest BCUT2D eigenvalue weighted by molar-refractivity contribution is 0.0948. The molecule has 0 unspecified atom stereocenters. The lowest BCUT2D eigenvalue weighted by Crippen LogP contribution is -2.30. The second kappa shape index (κ2) is 9.31. The van der Waals surface area contributed by atoms with E-state index in [9.17, 15) is 8.42 Å². The van der Waals surface area contributed by atoms with Gasteiger partial charge >= 0.3 is 0 Å². The number of sulfone groups is 1. The van der Waals surface area contributed by atoms with E-state index < -0.39 is 21.2 Å². The van der Waals surface area contributed by atoms with Gasteiger partial charge in [0.05, 0.1) is 10.3 Å². The Morgan fingerprint density at radius 2 is 1.79 bits per heavy atom. The SMILES string of the molecule is CO[C@H](c1ncc(Cl)cn1)[C@H](C)S(=O)(=O)Cc1nnc(-c2cccnc2)n1C(C1CC1)C1CC1. The van der Waals surface area contributed by atoms with Crippen LogP contribution in [0.1, 0.15) is 56.4 Å². The summed E-state index contributed by atoms with van der Waals surface area (Å²) in [6.45, 7) is 1.61. The average molecular weight is 503 g/mol. The van der Waals surface area contributed by atoms with Crippen LogP contribution in [0.3, 0.4) is 0 Å². The second-order valence-electron chi connectivity index (χ2n) is 9.15.